The smallest absolute Gasteiger partial charge is 0.0553 e. The molecular formula is C20H26N2O. The SMILES string of the molecule is CC(O)Cc1cn(C)c2c1C1CCC(c3ccccc3)N1CC2. The van der Waals surface area contributed by atoms with Crippen LogP contribution in [0.5, 0.6) is 0 Å². The molecular weight excluding hydrogens is 284 g/mol. The molecule has 1 fully saturated rings. The molecule has 3 heterocycles. The highest BCUT2D eigenvalue weighted by atomic mass is 16.3. The van der Waals surface area contributed by atoms with Crippen LogP contribution < -0.4 is 0 Å². The third-order valence-electron chi connectivity index (χ3n) is 5.59. The first-order valence-corrected chi connectivity index (χ1v) is 8.81. The van der Waals surface area contributed by atoms with Crippen LogP contribution in [0.25, 0.3) is 0 Å². The van der Waals surface area contributed by atoms with Crippen molar-refractivity contribution < 1.29 is 5.11 Å². The van der Waals surface area contributed by atoms with Crippen LogP contribution >= 0.6 is 0 Å². The molecule has 2 aromatic rings. The minimum Gasteiger partial charge on any atom is -0.393 e. The molecule has 1 aromatic heterocycles. The van der Waals surface area contributed by atoms with Gasteiger partial charge in [0.2, 0.25) is 0 Å². The van der Waals surface area contributed by atoms with Crippen LogP contribution in [-0.2, 0) is 19.9 Å². The molecule has 3 atom stereocenters. The van der Waals surface area contributed by atoms with E-state index in [-0.39, 0.29) is 6.10 Å². The molecule has 1 N–H and O–H groups in total. The van der Waals surface area contributed by atoms with Crippen LogP contribution in [0.1, 0.15) is 54.2 Å². The fraction of sp³-hybridized carbons (Fsp3) is 0.500. The molecule has 1 saturated heterocycles. The Kier molecular flexibility index (Phi) is 3.78. The van der Waals surface area contributed by atoms with E-state index in [9.17, 15) is 5.11 Å². The maximum atomic E-state index is 9.86. The van der Waals surface area contributed by atoms with Gasteiger partial charge in [0.15, 0.2) is 0 Å². The van der Waals surface area contributed by atoms with Crippen molar-refractivity contribution in [2.75, 3.05) is 6.54 Å². The van der Waals surface area contributed by atoms with Crippen molar-refractivity contribution in [1.82, 2.24) is 9.47 Å². The van der Waals surface area contributed by atoms with Gasteiger partial charge in [0.05, 0.1) is 6.10 Å². The zero-order chi connectivity index (χ0) is 16.0. The number of aromatic nitrogens is 1. The molecule has 0 amide bonds. The highest BCUT2D eigenvalue weighted by molar-refractivity contribution is 5.39. The standard InChI is InChI=1S/C20H26N2O/c1-14(23)12-16-13-21(2)18-10-11-22-17(8-9-19(22)20(16)18)15-6-4-3-5-7-15/h3-7,13-14,17,19,23H,8-12H2,1-2H3. The van der Waals surface area contributed by atoms with Crippen LogP contribution in [0.2, 0.25) is 0 Å². The van der Waals surface area contributed by atoms with Gasteiger partial charge in [-0.25, -0.2) is 0 Å². The Morgan fingerprint density at radius 3 is 2.65 bits per heavy atom. The van der Waals surface area contributed by atoms with Crippen LogP contribution in [0.4, 0.5) is 0 Å². The van der Waals surface area contributed by atoms with E-state index in [2.05, 4.69) is 53.0 Å². The van der Waals surface area contributed by atoms with E-state index in [0.29, 0.717) is 12.1 Å². The number of nitrogens with zero attached hydrogens (tertiary/aromatic N) is 2. The third kappa shape index (κ3) is 2.52. The molecule has 1 aromatic carbocycles. The lowest BCUT2D eigenvalue weighted by Crippen LogP contribution is -2.33. The number of hydrogen-bond acceptors (Lipinski definition) is 2. The number of benzene rings is 1. The number of aliphatic hydroxyl groups excluding tert-OH is 1. The monoisotopic (exact) mass is 310 g/mol. The van der Waals surface area contributed by atoms with Gasteiger partial charge in [0.25, 0.3) is 0 Å². The van der Waals surface area contributed by atoms with Gasteiger partial charge in [-0.3, -0.25) is 4.90 Å². The van der Waals surface area contributed by atoms with E-state index in [1.165, 1.54) is 35.2 Å². The lowest BCUT2D eigenvalue weighted by atomic mass is 9.93. The normalized spacial score (nSPS) is 25.2. The van der Waals surface area contributed by atoms with Crippen molar-refractivity contribution >= 4 is 0 Å². The van der Waals surface area contributed by atoms with Gasteiger partial charge < -0.3 is 9.67 Å². The summed E-state index contributed by atoms with van der Waals surface area (Å²) < 4.78 is 2.29. The first-order valence-electron chi connectivity index (χ1n) is 8.81. The molecule has 0 aliphatic carbocycles. The first kappa shape index (κ1) is 15.0. The summed E-state index contributed by atoms with van der Waals surface area (Å²) in [6.07, 6.45) is 6.31. The molecule has 3 nitrogen and oxygen atoms in total. The number of aryl methyl sites for hydroxylation is 1. The molecule has 122 valence electrons. The fourth-order valence-electron chi connectivity index (χ4n) is 4.71. The Balaban J connectivity index is 1.69. The van der Waals surface area contributed by atoms with Gasteiger partial charge in [-0.2, -0.15) is 0 Å². The van der Waals surface area contributed by atoms with Gasteiger partial charge in [0.1, 0.15) is 0 Å². The summed E-state index contributed by atoms with van der Waals surface area (Å²) in [5.41, 5.74) is 5.79. The summed E-state index contributed by atoms with van der Waals surface area (Å²) in [5, 5.41) is 9.86. The number of fused-ring (bicyclic) bond motifs is 3. The Hall–Kier alpha value is -1.58. The van der Waals surface area contributed by atoms with Gasteiger partial charge in [-0.15, -0.1) is 0 Å². The lowest BCUT2D eigenvalue weighted by Gasteiger charge is -2.35. The summed E-state index contributed by atoms with van der Waals surface area (Å²) >= 11 is 0. The minimum absolute atomic E-state index is 0.275. The van der Waals surface area contributed by atoms with Gasteiger partial charge in [0, 0.05) is 44.0 Å². The maximum absolute atomic E-state index is 9.86. The number of hydrogen-bond donors (Lipinski definition) is 1. The predicted molar refractivity (Wildman–Crippen MR) is 92.4 cm³/mol. The van der Waals surface area contributed by atoms with E-state index < -0.39 is 0 Å². The van der Waals surface area contributed by atoms with Crippen LogP contribution in [0.3, 0.4) is 0 Å². The van der Waals surface area contributed by atoms with E-state index in [0.717, 1.165) is 19.4 Å². The molecule has 2 aliphatic heterocycles. The topological polar surface area (TPSA) is 28.4 Å². The molecule has 0 spiro atoms. The summed E-state index contributed by atoms with van der Waals surface area (Å²) in [6, 6.07) is 12.0. The summed E-state index contributed by atoms with van der Waals surface area (Å²) in [5.74, 6) is 0. The quantitative estimate of drug-likeness (QED) is 0.941. The van der Waals surface area contributed by atoms with Crippen molar-refractivity contribution in [3.63, 3.8) is 0 Å². The maximum Gasteiger partial charge on any atom is 0.0553 e. The summed E-state index contributed by atoms with van der Waals surface area (Å²) in [7, 11) is 2.16. The molecule has 0 bridgehead atoms. The molecule has 3 heteroatoms. The second-order valence-corrected chi connectivity index (χ2v) is 7.19. The van der Waals surface area contributed by atoms with Crippen molar-refractivity contribution in [3.8, 4) is 0 Å². The molecule has 0 radical (unpaired) electrons. The lowest BCUT2D eigenvalue weighted by molar-refractivity contribution is 0.177. The van der Waals surface area contributed by atoms with Crippen LogP contribution in [0, 0.1) is 0 Å². The van der Waals surface area contributed by atoms with Crippen molar-refractivity contribution in [2.45, 2.75) is 50.8 Å². The van der Waals surface area contributed by atoms with Crippen molar-refractivity contribution in [3.05, 3.63) is 58.9 Å². The average molecular weight is 310 g/mol. The van der Waals surface area contributed by atoms with E-state index >= 15 is 0 Å². The summed E-state index contributed by atoms with van der Waals surface area (Å²) in [6.45, 7) is 3.03. The molecule has 23 heavy (non-hydrogen) atoms. The Bertz CT molecular complexity index is 689. The average Bonchev–Trinajstić information content (AvgIpc) is 3.09. The number of aliphatic hydroxyl groups is 1. The van der Waals surface area contributed by atoms with Gasteiger partial charge in [-0.1, -0.05) is 30.3 Å². The second-order valence-electron chi connectivity index (χ2n) is 7.19. The van der Waals surface area contributed by atoms with Crippen LogP contribution in [-0.4, -0.2) is 27.2 Å². The van der Waals surface area contributed by atoms with E-state index in [4.69, 9.17) is 0 Å². The van der Waals surface area contributed by atoms with Gasteiger partial charge in [-0.05, 0) is 42.9 Å². The van der Waals surface area contributed by atoms with Crippen molar-refractivity contribution in [2.24, 2.45) is 7.05 Å². The minimum atomic E-state index is -0.275. The molecule has 2 aliphatic rings. The largest absolute Gasteiger partial charge is 0.393 e. The molecule has 4 rings (SSSR count). The Morgan fingerprint density at radius 1 is 1.17 bits per heavy atom. The van der Waals surface area contributed by atoms with Crippen LogP contribution in [0.15, 0.2) is 36.5 Å². The van der Waals surface area contributed by atoms with Crippen molar-refractivity contribution in [1.29, 1.82) is 0 Å². The highest BCUT2D eigenvalue weighted by Gasteiger charge is 2.40. The van der Waals surface area contributed by atoms with E-state index in [1.54, 1.807) is 0 Å². The first-order chi connectivity index (χ1) is 11.1. The zero-order valence-corrected chi connectivity index (χ0v) is 14.1. The fourth-order valence-corrected chi connectivity index (χ4v) is 4.71. The van der Waals surface area contributed by atoms with Gasteiger partial charge >= 0.3 is 0 Å². The second kappa shape index (κ2) is 5.81. The summed E-state index contributed by atoms with van der Waals surface area (Å²) in [4.78, 5) is 2.70. The Morgan fingerprint density at radius 2 is 1.91 bits per heavy atom. The zero-order valence-electron chi connectivity index (χ0n) is 14.1. The Labute approximate surface area is 138 Å². The number of rotatable bonds is 3. The highest BCUT2D eigenvalue weighted by Crippen LogP contribution is 2.48. The third-order valence-corrected chi connectivity index (χ3v) is 5.59. The molecule has 3 unspecified atom stereocenters. The predicted octanol–water partition coefficient (Wildman–Crippen LogP) is 3.38. The molecule has 0 saturated carbocycles. The van der Waals surface area contributed by atoms with E-state index in [1.807, 2.05) is 6.92 Å².